The van der Waals surface area contributed by atoms with Crippen molar-refractivity contribution in [1.29, 1.82) is 0 Å². The van der Waals surface area contributed by atoms with E-state index in [-0.39, 0.29) is 5.82 Å². The van der Waals surface area contributed by atoms with E-state index in [1.165, 1.54) is 22.8 Å². The Morgan fingerprint density at radius 3 is 2.47 bits per heavy atom. The summed E-state index contributed by atoms with van der Waals surface area (Å²) in [5.41, 5.74) is 5.79. The average molecular weight is 257 g/mol. The second-order valence-corrected chi connectivity index (χ2v) is 5.05. The molecule has 19 heavy (non-hydrogen) atoms. The van der Waals surface area contributed by atoms with Crippen LogP contribution in [-0.4, -0.2) is 0 Å². The van der Waals surface area contributed by atoms with Crippen molar-refractivity contribution in [2.24, 2.45) is 0 Å². The van der Waals surface area contributed by atoms with Gasteiger partial charge in [0.25, 0.3) is 0 Å². The molecule has 2 aromatic carbocycles. The van der Waals surface area contributed by atoms with E-state index < -0.39 is 0 Å². The minimum absolute atomic E-state index is 0.140. The molecule has 0 saturated heterocycles. The summed E-state index contributed by atoms with van der Waals surface area (Å²) in [5.74, 6) is -0.140. The number of rotatable bonds is 4. The third kappa shape index (κ3) is 3.42. The summed E-state index contributed by atoms with van der Waals surface area (Å²) in [6.45, 7) is 7.67. The van der Waals surface area contributed by atoms with E-state index in [2.05, 4.69) is 37.4 Å². The van der Waals surface area contributed by atoms with Gasteiger partial charge in [-0.15, -0.1) is 0 Å². The molecule has 1 N–H and O–H groups in total. The molecule has 0 aliphatic carbocycles. The fraction of sp³-hybridized carbons (Fsp3) is 0.294. The largest absolute Gasteiger partial charge is 0.309 e. The second-order valence-electron chi connectivity index (χ2n) is 5.05. The molecule has 2 aromatic rings. The minimum Gasteiger partial charge on any atom is -0.309 e. The van der Waals surface area contributed by atoms with Crippen LogP contribution in [0.5, 0.6) is 0 Å². The summed E-state index contributed by atoms with van der Waals surface area (Å²) in [6.07, 6.45) is 0. The van der Waals surface area contributed by atoms with Gasteiger partial charge in [0.05, 0.1) is 0 Å². The van der Waals surface area contributed by atoms with Crippen LogP contribution in [0.2, 0.25) is 0 Å². The predicted molar refractivity (Wildman–Crippen MR) is 77.6 cm³/mol. The van der Waals surface area contributed by atoms with E-state index in [9.17, 15) is 4.39 Å². The van der Waals surface area contributed by atoms with E-state index in [0.29, 0.717) is 5.56 Å². The molecule has 2 heteroatoms. The summed E-state index contributed by atoms with van der Waals surface area (Å²) in [5, 5.41) is 3.41. The molecule has 0 aliphatic rings. The minimum atomic E-state index is -0.140. The van der Waals surface area contributed by atoms with Crippen LogP contribution in [0.4, 0.5) is 4.39 Å². The lowest BCUT2D eigenvalue weighted by Gasteiger charge is -2.10. The van der Waals surface area contributed by atoms with Crippen molar-refractivity contribution in [2.45, 2.75) is 33.9 Å². The van der Waals surface area contributed by atoms with Crippen molar-refractivity contribution in [3.8, 4) is 0 Å². The molecular formula is C17H20FN. The molecule has 1 nitrogen and oxygen atoms in total. The lowest BCUT2D eigenvalue weighted by Crippen LogP contribution is -2.14. The third-order valence-corrected chi connectivity index (χ3v) is 3.58. The van der Waals surface area contributed by atoms with Gasteiger partial charge in [0.15, 0.2) is 0 Å². The van der Waals surface area contributed by atoms with Gasteiger partial charge in [-0.3, -0.25) is 0 Å². The van der Waals surface area contributed by atoms with Crippen LogP contribution >= 0.6 is 0 Å². The Morgan fingerprint density at radius 1 is 0.947 bits per heavy atom. The molecule has 0 aromatic heterocycles. The Kier molecular flexibility index (Phi) is 4.33. The zero-order chi connectivity index (χ0) is 13.8. The lowest BCUT2D eigenvalue weighted by atomic mass is 10.0. The molecule has 2 rings (SSSR count). The van der Waals surface area contributed by atoms with E-state index in [0.717, 1.165) is 18.7 Å². The first kappa shape index (κ1) is 13.8. The number of aryl methyl sites for hydroxylation is 2. The maximum Gasteiger partial charge on any atom is 0.126 e. The van der Waals surface area contributed by atoms with Crippen LogP contribution in [0.1, 0.15) is 27.8 Å². The van der Waals surface area contributed by atoms with Crippen molar-refractivity contribution in [2.75, 3.05) is 0 Å². The van der Waals surface area contributed by atoms with Crippen molar-refractivity contribution in [1.82, 2.24) is 5.32 Å². The van der Waals surface area contributed by atoms with Gasteiger partial charge in [0.1, 0.15) is 5.82 Å². The van der Waals surface area contributed by atoms with Gasteiger partial charge in [0.2, 0.25) is 0 Å². The number of hydrogen-bond acceptors (Lipinski definition) is 1. The molecule has 0 fully saturated rings. The Labute approximate surface area is 114 Å². The Hall–Kier alpha value is -1.67. The maximum absolute atomic E-state index is 13.2. The number of hydrogen-bond donors (Lipinski definition) is 1. The first-order valence-corrected chi connectivity index (χ1v) is 6.59. The highest BCUT2D eigenvalue weighted by Crippen LogP contribution is 2.13. The maximum atomic E-state index is 13.2. The topological polar surface area (TPSA) is 12.0 Å². The van der Waals surface area contributed by atoms with Crippen molar-refractivity contribution in [3.63, 3.8) is 0 Å². The van der Waals surface area contributed by atoms with E-state index >= 15 is 0 Å². The van der Waals surface area contributed by atoms with E-state index in [1.807, 2.05) is 12.1 Å². The molecular weight excluding hydrogens is 237 g/mol. The Morgan fingerprint density at radius 2 is 1.74 bits per heavy atom. The number of halogens is 1. The van der Waals surface area contributed by atoms with Crippen molar-refractivity contribution in [3.05, 3.63) is 70.0 Å². The Balaban J connectivity index is 1.96. The highest BCUT2D eigenvalue weighted by molar-refractivity contribution is 5.33. The van der Waals surface area contributed by atoms with E-state index in [4.69, 9.17) is 0 Å². The smallest absolute Gasteiger partial charge is 0.126 e. The van der Waals surface area contributed by atoms with Gasteiger partial charge in [-0.05, 0) is 54.7 Å². The van der Waals surface area contributed by atoms with Gasteiger partial charge in [-0.2, -0.15) is 0 Å². The second kappa shape index (κ2) is 5.98. The molecule has 0 unspecified atom stereocenters. The fourth-order valence-corrected chi connectivity index (χ4v) is 2.16. The van der Waals surface area contributed by atoms with E-state index in [1.54, 1.807) is 6.92 Å². The van der Waals surface area contributed by atoms with Gasteiger partial charge in [-0.25, -0.2) is 4.39 Å². The molecule has 0 spiro atoms. The molecule has 0 amide bonds. The summed E-state index contributed by atoms with van der Waals surface area (Å²) < 4.78 is 13.2. The molecule has 0 aliphatic heterocycles. The molecule has 0 heterocycles. The van der Waals surface area contributed by atoms with Crippen LogP contribution < -0.4 is 5.32 Å². The normalized spacial score (nSPS) is 10.7. The van der Waals surface area contributed by atoms with Gasteiger partial charge < -0.3 is 5.32 Å². The highest BCUT2D eigenvalue weighted by atomic mass is 19.1. The third-order valence-electron chi connectivity index (χ3n) is 3.58. The molecule has 0 radical (unpaired) electrons. The van der Waals surface area contributed by atoms with Crippen LogP contribution in [0.25, 0.3) is 0 Å². The number of benzene rings is 2. The first-order chi connectivity index (χ1) is 9.08. The fourth-order valence-electron chi connectivity index (χ4n) is 2.16. The summed E-state index contributed by atoms with van der Waals surface area (Å²) in [7, 11) is 0. The summed E-state index contributed by atoms with van der Waals surface area (Å²) >= 11 is 0. The summed E-state index contributed by atoms with van der Waals surface area (Å²) in [4.78, 5) is 0. The van der Waals surface area contributed by atoms with Crippen molar-refractivity contribution >= 4 is 0 Å². The van der Waals surface area contributed by atoms with Gasteiger partial charge in [0, 0.05) is 13.1 Å². The zero-order valence-electron chi connectivity index (χ0n) is 11.8. The SMILES string of the molecule is Cc1cc(CNCc2cccc(C)c2C)ccc1F. The monoisotopic (exact) mass is 257 g/mol. The summed E-state index contributed by atoms with van der Waals surface area (Å²) in [6, 6.07) is 11.6. The Bertz CT molecular complexity index is 575. The molecule has 100 valence electrons. The zero-order valence-corrected chi connectivity index (χ0v) is 11.8. The van der Waals surface area contributed by atoms with Crippen LogP contribution in [0, 0.1) is 26.6 Å². The van der Waals surface area contributed by atoms with Gasteiger partial charge >= 0.3 is 0 Å². The van der Waals surface area contributed by atoms with Crippen LogP contribution in [0.3, 0.4) is 0 Å². The van der Waals surface area contributed by atoms with Crippen molar-refractivity contribution < 1.29 is 4.39 Å². The number of nitrogens with one attached hydrogen (secondary N) is 1. The molecule has 0 saturated carbocycles. The molecule has 0 atom stereocenters. The molecule has 0 bridgehead atoms. The standard InChI is InChI=1S/C17H20FN/c1-12-5-4-6-16(14(12)3)11-19-10-15-7-8-17(18)13(2)9-15/h4-9,19H,10-11H2,1-3H3. The van der Waals surface area contributed by atoms with Crippen LogP contribution in [-0.2, 0) is 13.1 Å². The predicted octanol–water partition coefficient (Wildman–Crippen LogP) is 4.04. The lowest BCUT2D eigenvalue weighted by molar-refractivity contribution is 0.615. The quantitative estimate of drug-likeness (QED) is 0.871. The highest BCUT2D eigenvalue weighted by Gasteiger charge is 2.02. The van der Waals surface area contributed by atoms with Crippen LogP contribution in [0.15, 0.2) is 36.4 Å². The first-order valence-electron chi connectivity index (χ1n) is 6.59. The van der Waals surface area contributed by atoms with Gasteiger partial charge in [-0.1, -0.05) is 30.3 Å². The average Bonchev–Trinajstić information content (AvgIpc) is 2.39.